The number of nitrogens with zero attached hydrogens (tertiary/aromatic N) is 3. The molecule has 2 unspecified atom stereocenters. The summed E-state index contributed by atoms with van der Waals surface area (Å²) in [6.07, 6.45) is 3.75. The number of amides is 1. The standard InChI is InChI=1S/C18H22N6O2/c1-11(2)21-18(25)26-15-6-3-12(7-15)16-8-17(24-23-16)22-14-5-4-13(9-19)20-10-14/h4-5,8,10-12,15H,3,6-7H2,1-2H3,(H,21,25)(H2,22,23,24). The van der Waals surface area contributed by atoms with Crippen LogP contribution in [-0.2, 0) is 4.74 Å². The average molecular weight is 354 g/mol. The van der Waals surface area contributed by atoms with Crippen LogP contribution in [0.1, 0.15) is 50.4 Å². The molecule has 2 heterocycles. The fourth-order valence-corrected chi connectivity index (χ4v) is 3.04. The van der Waals surface area contributed by atoms with Crippen molar-refractivity contribution in [2.75, 3.05) is 5.32 Å². The molecule has 1 aliphatic rings. The zero-order chi connectivity index (χ0) is 18.5. The van der Waals surface area contributed by atoms with Crippen molar-refractivity contribution in [3.8, 4) is 6.07 Å². The van der Waals surface area contributed by atoms with Crippen LogP contribution in [0, 0.1) is 11.3 Å². The lowest BCUT2D eigenvalue weighted by molar-refractivity contribution is 0.0981. The summed E-state index contributed by atoms with van der Waals surface area (Å²) in [4.78, 5) is 15.7. The maximum absolute atomic E-state index is 11.7. The second-order valence-electron chi connectivity index (χ2n) is 6.71. The van der Waals surface area contributed by atoms with Crippen LogP contribution in [0.2, 0.25) is 0 Å². The summed E-state index contributed by atoms with van der Waals surface area (Å²) in [5.74, 6) is 0.974. The van der Waals surface area contributed by atoms with Gasteiger partial charge in [0.25, 0.3) is 0 Å². The molecule has 136 valence electrons. The number of H-pyrrole nitrogens is 1. The summed E-state index contributed by atoms with van der Waals surface area (Å²) in [5.41, 5.74) is 2.15. The van der Waals surface area contributed by atoms with E-state index in [-0.39, 0.29) is 24.2 Å². The molecular formula is C18H22N6O2. The first kappa shape index (κ1) is 17.7. The molecule has 2 aromatic heterocycles. The van der Waals surface area contributed by atoms with Gasteiger partial charge in [0.15, 0.2) is 5.82 Å². The van der Waals surface area contributed by atoms with Gasteiger partial charge in [-0.3, -0.25) is 5.10 Å². The number of aromatic amines is 1. The number of alkyl carbamates (subject to hydrolysis) is 1. The van der Waals surface area contributed by atoms with E-state index in [4.69, 9.17) is 10.00 Å². The summed E-state index contributed by atoms with van der Waals surface area (Å²) in [6, 6.07) is 7.45. The van der Waals surface area contributed by atoms with Gasteiger partial charge in [0.1, 0.15) is 17.9 Å². The zero-order valence-electron chi connectivity index (χ0n) is 14.8. The van der Waals surface area contributed by atoms with E-state index in [1.165, 1.54) is 0 Å². The van der Waals surface area contributed by atoms with Gasteiger partial charge in [-0.25, -0.2) is 9.78 Å². The Balaban J connectivity index is 1.55. The van der Waals surface area contributed by atoms with E-state index in [2.05, 4.69) is 25.8 Å². The smallest absolute Gasteiger partial charge is 0.407 e. The second kappa shape index (κ2) is 7.87. The number of hydrogen-bond acceptors (Lipinski definition) is 6. The van der Waals surface area contributed by atoms with E-state index in [1.54, 1.807) is 18.3 Å². The summed E-state index contributed by atoms with van der Waals surface area (Å²) < 4.78 is 5.46. The molecule has 0 bridgehead atoms. The predicted octanol–water partition coefficient (Wildman–Crippen LogP) is 3.19. The van der Waals surface area contributed by atoms with Crippen molar-refractivity contribution in [2.24, 2.45) is 0 Å². The molecule has 1 aliphatic carbocycles. The van der Waals surface area contributed by atoms with Gasteiger partial charge < -0.3 is 15.4 Å². The van der Waals surface area contributed by atoms with Crippen molar-refractivity contribution in [3.63, 3.8) is 0 Å². The Morgan fingerprint density at radius 2 is 2.27 bits per heavy atom. The lowest BCUT2D eigenvalue weighted by Gasteiger charge is -2.14. The topological polar surface area (TPSA) is 116 Å². The summed E-state index contributed by atoms with van der Waals surface area (Å²) >= 11 is 0. The molecule has 1 fully saturated rings. The molecule has 0 aromatic carbocycles. The first-order chi connectivity index (χ1) is 12.5. The monoisotopic (exact) mass is 354 g/mol. The van der Waals surface area contributed by atoms with E-state index in [0.717, 1.165) is 30.6 Å². The molecule has 1 amide bonds. The van der Waals surface area contributed by atoms with Crippen LogP contribution in [0.15, 0.2) is 24.4 Å². The molecule has 1 saturated carbocycles. The number of carbonyl (C=O) groups excluding carboxylic acids is 1. The van der Waals surface area contributed by atoms with Gasteiger partial charge in [-0.05, 0) is 45.2 Å². The van der Waals surface area contributed by atoms with Gasteiger partial charge in [0.2, 0.25) is 0 Å². The number of rotatable bonds is 5. The highest BCUT2D eigenvalue weighted by Gasteiger charge is 2.30. The van der Waals surface area contributed by atoms with E-state index in [1.807, 2.05) is 26.0 Å². The molecule has 0 saturated heterocycles. The number of nitrogens with one attached hydrogen (secondary N) is 3. The third kappa shape index (κ3) is 4.51. The van der Waals surface area contributed by atoms with Crippen molar-refractivity contribution in [1.29, 1.82) is 5.26 Å². The van der Waals surface area contributed by atoms with Crippen LogP contribution in [0.5, 0.6) is 0 Å². The van der Waals surface area contributed by atoms with Crippen LogP contribution >= 0.6 is 0 Å². The van der Waals surface area contributed by atoms with Crippen LogP contribution in [0.3, 0.4) is 0 Å². The lowest BCUT2D eigenvalue weighted by atomic mass is 10.0. The SMILES string of the molecule is CC(C)NC(=O)OC1CCC(c2cc(Nc3ccc(C#N)nc3)n[nH]2)C1. The molecule has 3 N–H and O–H groups in total. The number of pyridine rings is 1. The number of anilines is 2. The third-order valence-electron chi connectivity index (χ3n) is 4.25. The minimum Gasteiger partial charge on any atom is -0.446 e. The largest absolute Gasteiger partial charge is 0.446 e. The molecule has 8 nitrogen and oxygen atoms in total. The van der Waals surface area contributed by atoms with Gasteiger partial charge in [-0.2, -0.15) is 10.4 Å². The molecule has 8 heteroatoms. The van der Waals surface area contributed by atoms with Crippen molar-refractivity contribution < 1.29 is 9.53 Å². The zero-order valence-corrected chi connectivity index (χ0v) is 14.8. The molecule has 0 aliphatic heterocycles. The first-order valence-electron chi connectivity index (χ1n) is 8.69. The first-order valence-corrected chi connectivity index (χ1v) is 8.69. The fraction of sp³-hybridized carbons (Fsp3) is 0.444. The van der Waals surface area contributed by atoms with E-state index in [9.17, 15) is 4.79 Å². The van der Waals surface area contributed by atoms with Crippen LogP contribution in [-0.4, -0.2) is 33.4 Å². The summed E-state index contributed by atoms with van der Waals surface area (Å²) in [7, 11) is 0. The van der Waals surface area contributed by atoms with Gasteiger partial charge in [0, 0.05) is 23.7 Å². The summed E-state index contributed by atoms with van der Waals surface area (Å²) in [6.45, 7) is 3.81. The summed E-state index contributed by atoms with van der Waals surface area (Å²) in [5, 5.41) is 22.0. The van der Waals surface area contributed by atoms with Crippen molar-refractivity contribution in [3.05, 3.63) is 35.8 Å². The van der Waals surface area contributed by atoms with E-state index in [0.29, 0.717) is 11.5 Å². The van der Waals surface area contributed by atoms with Crippen molar-refractivity contribution in [2.45, 2.75) is 51.2 Å². The Morgan fingerprint density at radius 1 is 1.42 bits per heavy atom. The number of ether oxygens (including phenoxy) is 1. The van der Waals surface area contributed by atoms with E-state index < -0.39 is 0 Å². The number of carbonyl (C=O) groups is 1. The number of nitriles is 1. The Kier molecular flexibility index (Phi) is 5.37. The maximum atomic E-state index is 11.7. The highest BCUT2D eigenvalue weighted by atomic mass is 16.6. The molecule has 2 aromatic rings. The predicted molar refractivity (Wildman–Crippen MR) is 96.0 cm³/mol. The van der Waals surface area contributed by atoms with Crippen LogP contribution in [0.25, 0.3) is 0 Å². The minimum absolute atomic E-state index is 0.0673. The molecule has 26 heavy (non-hydrogen) atoms. The third-order valence-corrected chi connectivity index (χ3v) is 4.25. The van der Waals surface area contributed by atoms with Crippen molar-refractivity contribution in [1.82, 2.24) is 20.5 Å². The average Bonchev–Trinajstić information content (AvgIpc) is 3.24. The quantitative estimate of drug-likeness (QED) is 0.759. The molecule has 2 atom stereocenters. The fourth-order valence-electron chi connectivity index (χ4n) is 3.04. The second-order valence-corrected chi connectivity index (χ2v) is 6.71. The van der Waals surface area contributed by atoms with Gasteiger partial charge >= 0.3 is 6.09 Å². The lowest BCUT2D eigenvalue weighted by Crippen LogP contribution is -2.33. The Labute approximate surface area is 152 Å². The van der Waals surface area contributed by atoms with Crippen LogP contribution < -0.4 is 10.6 Å². The van der Waals surface area contributed by atoms with Gasteiger partial charge in [0.05, 0.1) is 11.9 Å². The maximum Gasteiger partial charge on any atom is 0.407 e. The Hall–Kier alpha value is -3.08. The minimum atomic E-state index is -0.356. The normalized spacial score (nSPS) is 19.2. The number of hydrogen-bond donors (Lipinski definition) is 3. The Morgan fingerprint density at radius 3 is 2.96 bits per heavy atom. The van der Waals surface area contributed by atoms with E-state index >= 15 is 0 Å². The number of aromatic nitrogens is 3. The molecule has 0 spiro atoms. The highest BCUT2D eigenvalue weighted by molar-refractivity contribution is 5.67. The highest BCUT2D eigenvalue weighted by Crippen LogP contribution is 2.36. The molecule has 3 rings (SSSR count). The van der Waals surface area contributed by atoms with Gasteiger partial charge in [-0.15, -0.1) is 0 Å². The van der Waals surface area contributed by atoms with Crippen molar-refractivity contribution >= 4 is 17.6 Å². The van der Waals surface area contributed by atoms with Crippen LogP contribution in [0.4, 0.5) is 16.3 Å². The Bertz CT molecular complexity index is 793. The molecular weight excluding hydrogens is 332 g/mol. The van der Waals surface area contributed by atoms with Gasteiger partial charge in [-0.1, -0.05) is 0 Å². The molecule has 0 radical (unpaired) electrons.